The molecule has 1 spiro atoms. The number of anilines is 1. The summed E-state index contributed by atoms with van der Waals surface area (Å²) in [4.78, 5) is 25.7. The number of hydrogen-bond acceptors (Lipinski definition) is 4. The molecule has 142 valence electrons. The number of amides is 1. The number of rotatable bonds is 3. The Bertz CT molecular complexity index is 808. The van der Waals surface area contributed by atoms with E-state index in [1.165, 1.54) is 5.56 Å². The normalized spacial score (nSPS) is 28.3. The number of hydrogen-bond donors (Lipinski definition) is 0. The summed E-state index contributed by atoms with van der Waals surface area (Å²) in [7, 11) is 4.36. The Labute approximate surface area is 161 Å². The number of carbonyl (C=O) groups excluding carboxylic acids is 1. The number of aryl methyl sites for hydroxylation is 1. The molecule has 0 bridgehead atoms. The Morgan fingerprint density at radius 1 is 1.00 bits per heavy atom. The number of aromatic nitrogens is 2. The van der Waals surface area contributed by atoms with Gasteiger partial charge in [0.05, 0.1) is 18.1 Å². The van der Waals surface area contributed by atoms with Crippen molar-refractivity contribution in [2.45, 2.75) is 44.6 Å². The van der Waals surface area contributed by atoms with E-state index in [0.29, 0.717) is 12.2 Å². The Morgan fingerprint density at radius 3 is 2.30 bits per heavy atom. The molecule has 0 N–H and O–H groups in total. The van der Waals surface area contributed by atoms with Gasteiger partial charge in [-0.2, -0.15) is 0 Å². The molecule has 5 nitrogen and oxygen atoms in total. The Hall–Kier alpha value is -2.27. The van der Waals surface area contributed by atoms with Crippen molar-refractivity contribution >= 4 is 11.7 Å². The van der Waals surface area contributed by atoms with Gasteiger partial charge in [0.15, 0.2) is 5.82 Å². The van der Waals surface area contributed by atoms with Crippen LogP contribution in [0, 0.1) is 12.3 Å². The van der Waals surface area contributed by atoms with Gasteiger partial charge in [0.1, 0.15) is 0 Å². The highest BCUT2D eigenvalue weighted by atomic mass is 16.2. The van der Waals surface area contributed by atoms with Crippen LogP contribution in [0.4, 0.5) is 5.82 Å². The summed E-state index contributed by atoms with van der Waals surface area (Å²) in [6.07, 6.45) is 8.35. The van der Waals surface area contributed by atoms with Crippen LogP contribution in [0.3, 0.4) is 0 Å². The van der Waals surface area contributed by atoms with E-state index in [-0.39, 0.29) is 16.9 Å². The molecule has 1 saturated heterocycles. The molecule has 2 aromatic rings. The lowest BCUT2D eigenvalue weighted by molar-refractivity contribution is -0.118. The second-order valence-electron chi connectivity index (χ2n) is 8.46. The first-order valence-electron chi connectivity index (χ1n) is 9.76. The summed E-state index contributed by atoms with van der Waals surface area (Å²) in [5.41, 5.74) is 2.39. The van der Waals surface area contributed by atoms with Crippen molar-refractivity contribution in [1.29, 1.82) is 0 Å². The van der Waals surface area contributed by atoms with E-state index in [9.17, 15) is 4.79 Å². The zero-order valence-corrected chi connectivity index (χ0v) is 16.5. The van der Waals surface area contributed by atoms with Gasteiger partial charge in [-0.3, -0.25) is 19.6 Å². The van der Waals surface area contributed by atoms with Crippen LogP contribution in [-0.2, 0) is 10.3 Å². The summed E-state index contributed by atoms with van der Waals surface area (Å²) in [6, 6.07) is 10.8. The van der Waals surface area contributed by atoms with Gasteiger partial charge in [-0.05, 0) is 57.7 Å². The minimum absolute atomic E-state index is 0.0621. The summed E-state index contributed by atoms with van der Waals surface area (Å²) in [6.45, 7) is 2.68. The van der Waals surface area contributed by atoms with E-state index in [1.54, 1.807) is 12.4 Å². The fraction of sp³-hybridized carbons (Fsp3) is 0.500. The highest BCUT2D eigenvalue weighted by molar-refractivity contribution is 5.95. The van der Waals surface area contributed by atoms with Crippen LogP contribution in [0.1, 0.15) is 43.4 Å². The molecule has 27 heavy (non-hydrogen) atoms. The van der Waals surface area contributed by atoms with Gasteiger partial charge in [0.25, 0.3) is 0 Å². The van der Waals surface area contributed by atoms with Gasteiger partial charge in [-0.15, -0.1) is 0 Å². The SMILES string of the molecule is Cc1cnc(N2C[C@]3(CC[C@@](c4ccccc4)(N(C)C)CC3)CC2=O)cn1. The Balaban J connectivity index is 1.54. The molecule has 1 saturated carbocycles. The van der Waals surface area contributed by atoms with Gasteiger partial charge in [-0.25, -0.2) is 4.98 Å². The maximum absolute atomic E-state index is 12.7. The molecule has 2 heterocycles. The lowest BCUT2D eigenvalue weighted by Crippen LogP contribution is -2.47. The van der Waals surface area contributed by atoms with Crippen molar-refractivity contribution in [3.63, 3.8) is 0 Å². The van der Waals surface area contributed by atoms with E-state index < -0.39 is 0 Å². The van der Waals surface area contributed by atoms with Crippen molar-refractivity contribution in [3.8, 4) is 0 Å². The fourth-order valence-corrected chi connectivity index (χ4v) is 4.90. The van der Waals surface area contributed by atoms with Gasteiger partial charge in [-0.1, -0.05) is 30.3 Å². The molecule has 1 aliphatic carbocycles. The minimum Gasteiger partial charge on any atom is -0.300 e. The Kier molecular flexibility index (Phi) is 4.50. The first kappa shape index (κ1) is 18.1. The second-order valence-corrected chi connectivity index (χ2v) is 8.46. The molecule has 0 atom stereocenters. The first-order valence-corrected chi connectivity index (χ1v) is 9.76. The molecule has 5 heteroatoms. The maximum atomic E-state index is 12.7. The zero-order chi connectivity index (χ0) is 19.1. The van der Waals surface area contributed by atoms with Crippen molar-refractivity contribution in [2.75, 3.05) is 25.5 Å². The van der Waals surface area contributed by atoms with E-state index in [2.05, 4.69) is 59.3 Å². The molecule has 2 aliphatic rings. The van der Waals surface area contributed by atoms with Crippen LogP contribution in [-0.4, -0.2) is 41.4 Å². The molecule has 2 fully saturated rings. The average molecular weight is 364 g/mol. The largest absolute Gasteiger partial charge is 0.300 e. The smallest absolute Gasteiger partial charge is 0.228 e. The van der Waals surface area contributed by atoms with Crippen LogP contribution in [0.5, 0.6) is 0 Å². The van der Waals surface area contributed by atoms with Crippen molar-refractivity contribution in [3.05, 3.63) is 54.0 Å². The highest BCUT2D eigenvalue weighted by Gasteiger charge is 2.50. The standard InChI is InChI=1S/C22H28N4O/c1-17-14-24-19(15-23-17)26-16-21(13-20(26)27)9-11-22(12-10-21,25(2)3)18-7-5-4-6-8-18/h4-8,14-15H,9-13,16H2,1-3H3/t21-,22+. The predicted octanol–water partition coefficient (Wildman–Crippen LogP) is 3.54. The van der Waals surface area contributed by atoms with Gasteiger partial charge < -0.3 is 0 Å². The van der Waals surface area contributed by atoms with Gasteiger partial charge in [0.2, 0.25) is 5.91 Å². The lowest BCUT2D eigenvalue weighted by atomic mass is 9.64. The quantitative estimate of drug-likeness (QED) is 0.836. The van der Waals surface area contributed by atoms with Crippen LogP contribution in [0.15, 0.2) is 42.7 Å². The minimum atomic E-state index is 0.0621. The predicted molar refractivity (Wildman–Crippen MR) is 106 cm³/mol. The highest BCUT2D eigenvalue weighted by Crippen LogP contribution is 2.52. The zero-order valence-electron chi connectivity index (χ0n) is 16.5. The van der Waals surface area contributed by atoms with E-state index in [1.807, 2.05) is 11.8 Å². The van der Waals surface area contributed by atoms with Crippen LogP contribution < -0.4 is 4.90 Å². The molecular formula is C22H28N4O. The monoisotopic (exact) mass is 364 g/mol. The third-order valence-electron chi connectivity index (χ3n) is 6.67. The molecule has 1 aromatic carbocycles. The third kappa shape index (κ3) is 3.14. The first-order chi connectivity index (χ1) is 12.9. The number of carbonyl (C=O) groups is 1. The van der Waals surface area contributed by atoms with E-state index in [4.69, 9.17) is 0 Å². The van der Waals surface area contributed by atoms with Crippen molar-refractivity contribution in [2.24, 2.45) is 5.41 Å². The summed E-state index contributed by atoms with van der Waals surface area (Å²) in [5, 5.41) is 0. The van der Waals surface area contributed by atoms with E-state index >= 15 is 0 Å². The number of nitrogens with zero attached hydrogens (tertiary/aromatic N) is 4. The summed E-state index contributed by atoms with van der Waals surface area (Å²) in [5.74, 6) is 0.875. The molecule has 0 radical (unpaired) electrons. The summed E-state index contributed by atoms with van der Waals surface area (Å²) >= 11 is 0. The lowest BCUT2D eigenvalue weighted by Gasteiger charge is -2.48. The van der Waals surface area contributed by atoms with Crippen LogP contribution in [0.25, 0.3) is 0 Å². The van der Waals surface area contributed by atoms with Crippen molar-refractivity contribution < 1.29 is 4.79 Å². The van der Waals surface area contributed by atoms with Crippen molar-refractivity contribution in [1.82, 2.24) is 14.9 Å². The van der Waals surface area contributed by atoms with Crippen LogP contribution >= 0.6 is 0 Å². The molecule has 1 amide bonds. The second kappa shape index (κ2) is 6.71. The molecular weight excluding hydrogens is 336 g/mol. The average Bonchev–Trinajstić information content (AvgIpc) is 3.00. The maximum Gasteiger partial charge on any atom is 0.228 e. The summed E-state index contributed by atoms with van der Waals surface area (Å²) < 4.78 is 0. The number of benzene rings is 1. The molecule has 1 aliphatic heterocycles. The fourth-order valence-electron chi connectivity index (χ4n) is 4.90. The molecule has 0 unspecified atom stereocenters. The molecule has 1 aromatic heterocycles. The topological polar surface area (TPSA) is 49.3 Å². The third-order valence-corrected chi connectivity index (χ3v) is 6.67. The molecule has 4 rings (SSSR count). The van der Waals surface area contributed by atoms with Crippen LogP contribution in [0.2, 0.25) is 0 Å². The van der Waals surface area contributed by atoms with Gasteiger partial charge in [0, 0.05) is 18.5 Å². The Morgan fingerprint density at radius 2 is 1.70 bits per heavy atom. The van der Waals surface area contributed by atoms with E-state index in [0.717, 1.165) is 37.9 Å². The van der Waals surface area contributed by atoms with Gasteiger partial charge >= 0.3 is 0 Å².